The van der Waals surface area contributed by atoms with Gasteiger partial charge >= 0.3 is 0 Å². The van der Waals surface area contributed by atoms with E-state index in [0.29, 0.717) is 12.2 Å². The van der Waals surface area contributed by atoms with Crippen LogP contribution in [0.3, 0.4) is 0 Å². The molecule has 136 valence electrons. The molecular weight excluding hydrogens is 326 g/mol. The van der Waals surface area contributed by atoms with Gasteiger partial charge in [-0.25, -0.2) is 8.42 Å². The average molecular weight is 356 g/mol. The van der Waals surface area contributed by atoms with E-state index < -0.39 is 10.0 Å². The molecule has 0 bridgehead atoms. The largest absolute Gasteiger partial charge is 0.372 e. The monoisotopic (exact) mass is 355 g/mol. The number of sulfonamides is 1. The van der Waals surface area contributed by atoms with Gasteiger partial charge in [0, 0.05) is 25.3 Å². The summed E-state index contributed by atoms with van der Waals surface area (Å²) in [5.41, 5.74) is 2.42. The number of carbonyl (C=O) groups excluding carboxylic acids is 1. The lowest BCUT2D eigenvalue weighted by molar-refractivity contribution is -0.119. The van der Waals surface area contributed by atoms with E-state index in [4.69, 9.17) is 0 Å². The Morgan fingerprint density at radius 3 is 2.25 bits per heavy atom. The van der Waals surface area contributed by atoms with Gasteiger partial charge in [0.15, 0.2) is 0 Å². The fourth-order valence-corrected chi connectivity index (χ4v) is 3.45. The van der Waals surface area contributed by atoms with Gasteiger partial charge in [-0.15, -0.1) is 0 Å². The number of hydrogen-bond donors (Lipinski definition) is 1. The van der Waals surface area contributed by atoms with Crippen LogP contribution in [0.5, 0.6) is 0 Å². The predicted octanol–water partition coefficient (Wildman–Crippen LogP) is 2.13. The van der Waals surface area contributed by atoms with Gasteiger partial charge in [0.25, 0.3) is 0 Å². The van der Waals surface area contributed by atoms with Crippen molar-refractivity contribution in [3.63, 3.8) is 0 Å². The summed E-state index contributed by atoms with van der Waals surface area (Å²) in [5.74, 6) is -0.297. The zero-order chi connectivity index (χ0) is 18.3. The van der Waals surface area contributed by atoms with Crippen molar-refractivity contribution in [1.29, 1.82) is 0 Å². The van der Waals surface area contributed by atoms with Gasteiger partial charge < -0.3 is 10.2 Å². The molecule has 24 heavy (non-hydrogen) atoms. The van der Waals surface area contributed by atoms with E-state index in [-0.39, 0.29) is 12.5 Å². The van der Waals surface area contributed by atoms with Crippen LogP contribution in [0.25, 0.3) is 0 Å². The molecule has 0 heterocycles. The lowest BCUT2D eigenvalue weighted by atomic mass is 10.1. The lowest BCUT2D eigenvalue weighted by Crippen LogP contribution is -2.41. The highest BCUT2D eigenvalue weighted by Gasteiger charge is 2.22. The number of nitrogens with one attached hydrogen (secondary N) is 1. The molecule has 1 aromatic carbocycles. The van der Waals surface area contributed by atoms with Gasteiger partial charge in [0.1, 0.15) is 6.54 Å². The molecule has 6 nitrogen and oxygen atoms in total. The molecular formula is C17H29N3O3S. The topological polar surface area (TPSA) is 69.7 Å². The van der Waals surface area contributed by atoms with E-state index in [0.717, 1.165) is 37.0 Å². The molecule has 0 radical (unpaired) electrons. The third-order valence-corrected chi connectivity index (χ3v) is 4.96. The van der Waals surface area contributed by atoms with E-state index in [1.165, 1.54) is 4.31 Å². The van der Waals surface area contributed by atoms with Crippen LogP contribution >= 0.6 is 0 Å². The van der Waals surface area contributed by atoms with Gasteiger partial charge in [-0.3, -0.25) is 9.10 Å². The first-order chi connectivity index (χ1) is 11.2. The molecule has 1 rings (SSSR count). The molecule has 0 unspecified atom stereocenters. The number of benzene rings is 1. The van der Waals surface area contributed by atoms with Crippen LogP contribution in [0.2, 0.25) is 0 Å². The molecule has 0 aromatic heterocycles. The van der Waals surface area contributed by atoms with Gasteiger partial charge in [-0.2, -0.15) is 0 Å². The lowest BCUT2D eigenvalue weighted by Gasteiger charge is -2.26. The molecule has 0 fully saturated rings. The fraction of sp³-hybridized carbons (Fsp3) is 0.588. The van der Waals surface area contributed by atoms with E-state index in [1.54, 1.807) is 6.07 Å². The molecule has 1 N–H and O–H groups in total. The first-order valence-corrected chi connectivity index (χ1v) is 10.2. The molecule has 0 aliphatic carbocycles. The van der Waals surface area contributed by atoms with Crippen LogP contribution in [-0.2, 0) is 14.8 Å². The first kappa shape index (κ1) is 20.3. The summed E-state index contributed by atoms with van der Waals surface area (Å²) in [4.78, 5) is 14.2. The Morgan fingerprint density at radius 2 is 1.79 bits per heavy atom. The summed E-state index contributed by atoms with van der Waals surface area (Å²) in [6.45, 7) is 10.1. The van der Waals surface area contributed by atoms with E-state index in [2.05, 4.69) is 24.1 Å². The molecule has 0 aliphatic heterocycles. The van der Waals surface area contributed by atoms with Crippen molar-refractivity contribution >= 4 is 27.3 Å². The standard InChI is InChI=1S/C17H29N3O3S/c1-6-11-18-17(21)13-20(24(5,22)23)16-10-9-15(12-14(16)4)19(7-2)8-3/h9-10,12H,6-8,11,13H2,1-5H3,(H,18,21). The second kappa shape index (κ2) is 8.92. The highest BCUT2D eigenvalue weighted by molar-refractivity contribution is 7.92. The summed E-state index contributed by atoms with van der Waals surface area (Å²) >= 11 is 0. The Kier molecular flexibility index (Phi) is 7.54. The van der Waals surface area contributed by atoms with Crippen LogP contribution in [-0.4, -0.2) is 46.8 Å². The maximum atomic E-state index is 12.2. The fourth-order valence-electron chi connectivity index (χ4n) is 2.54. The Labute approximate surface area is 145 Å². The molecule has 0 saturated heterocycles. The molecule has 0 spiro atoms. The Morgan fingerprint density at radius 1 is 1.17 bits per heavy atom. The zero-order valence-electron chi connectivity index (χ0n) is 15.3. The molecule has 0 saturated carbocycles. The first-order valence-electron chi connectivity index (χ1n) is 8.34. The number of aryl methyl sites for hydroxylation is 1. The van der Waals surface area contributed by atoms with Crippen molar-refractivity contribution < 1.29 is 13.2 Å². The van der Waals surface area contributed by atoms with Crippen LogP contribution in [0.1, 0.15) is 32.8 Å². The summed E-state index contributed by atoms with van der Waals surface area (Å²) < 4.78 is 25.5. The third kappa shape index (κ3) is 5.40. The molecule has 1 amide bonds. The van der Waals surface area contributed by atoms with Gasteiger partial charge in [0.2, 0.25) is 15.9 Å². The second-order valence-electron chi connectivity index (χ2n) is 5.76. The summed E-state index contributed by atoms with van der Waals surface area (Å²) in [5, 5.41) is 2.72. The van der Waals surface area contributed by atoms with E-state index in [9.17, 15) is 13.2 Å². The van der Waals surface area contributed by atoms with Crippen LogP contribution in [0.4, 0.5) is 11.4 Å². The normalized spacial score (nSPS) is 11.2. The second-order valence-corrected chi connectivity index (χ2v) is 7.67. The third-order valence-electron chi connectivity index (χ3n) is 3.84. The van der Waals surface area contributed by atoms with Crippen LogP contribution in [0, 0.1) is 6.92 Å². The smallest absolute Gasteiger partial charge is 0.240 e. The zero-order valence-corrected chi connectivity index (χ0v) is 16.1. The molecule has 0 atom stereocenters. The molecule has 7 heteroatoms. The summed E-state index contributed by atoms with van der Waals surface area (Å²) in [6, 6.07) is 5.64. The van der Waals surface area contributed by atoms with Crippen molar-refractivity contribution in [1.82, 2.24) is 5.32 Å². The van der Waals surface area contributed by atoms with Crippen molar-refractivity contribution in [2.75, 3.05) is 41.6 Å². The van der Waals surface area contributed by atoms with Crippen molar-refractivity contribution in [3.05, 3.63) is 23.8 Å². The van der Waals surface area contributed by atoms with Crippen LogP contribution < -0.4 is 14.5 Å². The van der Waals surface area contributed by atoms with E-state index >= 15 is 0 Å². The maximum Gasteiger partial charge on any atom is 0.240 e. The average Bonchev–Trinajstić information content (AvgIpc) is 2.51. The molecule has 0 aliphatic rings. The highest BCUT2D eigenvalue weighted by atomic mass is 32.2. The number of anilines is 2. The highest BCUT2D eigenvalue weighted by Crippen LogP contribution is 2.27. The Balaban J connectivity index is 3.13. The predicted molar refractivity (Wildman–Crippen MR) is 100 cm³/mol. The maximum absolute atomic E-state index is 12.2. The van der Waals surface area contributed by atoms with Gasteiger partial charge in [0.05, 0.1) is 11.9 Å². The number of carbonyl (C=O) groups is 1. The van der Waals surface area contributed by atoms with Crippen LogP contribution in [0.15, 0.2) is 18.2 Å². The minimum absolute atomic E-state index is 0.204. The number of rotatable bonds is 9. The summed E-state index contributed by atoms with van der Waals surface area (Å²) in [7, 11) is -3.55. The minimum Gasteiger partial charge on any atom is -0.372 e. The SMILES string of the molecule is CCCNC(=O)CN(c1ccc(N(CC)CC)cc1C)S(C)(=O)=O. The van der Waals surface area contributed by atoms with Crippen molar-refractivity contribution in [2.45, 2.75) is 34.1 Å². The molecule has 1 aromatic rings. The van der Waals surface area contributed by atoms with Crippen molar-refractivity contribution in [3.8, 4) is 0 Å². The minimum atomic E-state index is -3.55. The number of amides is 1. The quantitative estimate of drug-likeness (QED) is 0.737. The summed E-state index contributed by atoms with van der Waals surface area (Å²) in [6.07, 6.45) is 1.93. The number of hydrogen-bond acceptors (Lipinski definition) is 4. The Bertz CT molecular complexity index is 655. The van der Waals surface area contributed by atoms with E-state index in [1.807, 2.05) is 26.0 Å². The van der Waals surface area contributed by atoms with Crippen molar-refractivity contribution in [2.24, 2.45) is 0 Å². The Hall–Kier alpha value is -1.76. The van der Waals surface area contributed by atoms with Gasteiger partial charge in [-0.05, 0) is 51.0 Å². The van der Waals surface area contributed by atoms with Gasteiger partial charge in [-0.1, -0.05) is 6.92 Å². The number of nitrogens with zero attached hydrogens (tertiary/aromatic N) is 2.